The van der Waals surface area contributed by atoms with Crippen LogP contribution in [0.2, 0.25) is 0 Å². The van der Waals surface area contributed by atoms with Gasteiger partial charge in [0, 0.05) is 12.3 Å². The van der Waals surface area contributed by atoms with Crippen molar-refractivity contribution in [1.82, 2.24) is 9.38 Å². The predicted octanol–water partition coefficient (Wildman–Crippen LogP) is 2.52. The Labute approximate surface area is 125 Å². The largest absolute Gasteiger partial charge is 0.454 e. The van der Waals surface area contributed by atoms with Gasteiger partial charge in [-0.1, -0.05) is 6.07 Å². The summed E-state index contributed by atoms with van der Waals surface area (Å²) in [5.74, 6) is 2.07. The number of aromatic nitrogens is 2. The van der Waals surface area contributed by atoms with Crippen molar-refractivity contribution in [2.24, 2.45) is 0 Å². The maximum absolute atomic E-state index is 12.1. The van der Waals surface area contributed by atoms with E-state index in [9.17, 15) is 4.79 Å². The molecule has 22 heavy (non-hydrogen) atoms. The molecule has 0 atom stereocenters. The molecule has 0 spiro atoms. The average Bonchev–Trinajstić information content (AvgIpc) is 2.96. The zero-order valence-corrected chi connectivity index (χ0v) is 11.8. The number of pyridine rings is 1. The van der Waals surface area contributed by atoms with Crippen LogP contribution in [0, 0.1) is 6.92 Å². The topological polar surface area (TPSA) is 62.1 Å². The zero-order chi connectivity index (χ0) is 15.1. The fourth-order valence-corrected chi connectivity index (χ4v) is 2.30. The molecule has 0 amide bonds. The molecule has 0 bridgehead atoms. The van der Waals surface area contributed by atoms with Crippen LogP contribution < -0.4 is 19.8 Å². The first-order valence-electron chi connectivity index (χ1n) is 6.77. The quantitative estimate of drug-likeness (QED) is 0.727. The Hall–Kier alpha value is -3.02. The van der Waals surface area contributed by atoms with Crippen LogP contribution in [0.25, 0.3) is 5.65 Å². The minimum absolute atomic E-state index is 0.190. The monoisotopic (exact) mass is 296 g/mol. The highest BCUT2D eigenvalue weighted by Crippen LogP contribution is 2.36. The van der Waals surface area contributed by atoms with E-state index in [1.54, 1.807) is 30.5 Å². The Bertz CT molecular complexity index is 933. The maximum atomic E-state index is 12.1. The summed E-state index contributed by atoms with van der Waals surface area (Å²) in [7, 11) is 0. The van der Waals surface area contributed by atoms with Crippen molar-refractivity contribution in [3.63, 3.8) is 0 Å². The third-order valence-electron chi connectivity index (χ3n) is 3.35. The van der Waals surface area contributed by atoms with E-state index in [1.165, 1.54) is 10.5 Å². The molecule has 1 aliphatic heterocycles. The molecule has 0 fully saturated rings. The number of benzene rings is 1. The van der Waals surface area contributed by atoms with Gasteiger partial charge in [0.2, 0.25) is 12.7 Å². The Balaban J connectivity index is 1.72. The fraction of sp³-hybridized carbons (Fsp3) is 0.125. The lowest BCUT2D eigenvalue weighted by molar-refractivity contribution is 0.174. The number of hydrogen-bond donors (Lipinski definition) is 0. The normalized spacial score (nSPS) is 12.6. The van der Waals surface area contributed by atoms with E-state index in [1.807, 2.05) is 13.0 Å². The molecule has 6 nitrogen and oxygen atoms in total. The molecule has 110 valence electrons. The molecule has 3 heterocycles. The Morgan fingerprint density at radius 2 is 2.00 bits per heavy atom. The van der Waals surface area contributed by atoms with Gasteiger partial charge >= 0.3 is 0 Å². The second-order valence-electron chi connectivity index (χ2n) is 4.98. The van der Waals surface area contributed by atoms with Crippen molar-refractivity contribution in [2.75, 3.05) is 6.79 Å². The molecular weight excluding hydrogens is 284 g/mol. The predicted molar refractivity (Wildman–Crippen MR) is 78.8 cm³/mol. The molecule has 0 radical (unpaired) electrons. The fourth-order valence-electron chi connectivity index (χ4n) is 2.30. The molecular formula is C16H12N2O4. The third-order valence-corrected chi connectivity index (χ3v) is 3.35. The van der Waals surface area contributed by atoms with Gasteiger partial charge in [0.15, 0.2) is 11.5 Å². The Kier molecular flexibility index (Phi) is 2.75. The molecule has 6 heteroatoms. The molecule has 0 aliphatic carbocycles. The summed E-state index contributed by atoms with van der Waals surface area (Å²) in [6.45, 7) is 2.12. The highest BCUT2D eigenvalue weighted by molar-refractivity contribution is 5.48. The minimum Gasteiger partial charge on any atom is -0.454 e. The van der Waals surface area contributed by atoms with Gasteiger partial charge in [-0.3, -0.25) is 9.20 Å². The van der Waals surface area contributed by atoms with Gasteiger partial charge in [0.25, 0.3) is 5.56 Å². The zero-order valence-electron chi connectivity index (χ0n) is 11.8. The van der Waals surface area contributed by atoms with E-state index in [-0.39, 0.29) is 18.2 Å². The summed E-state index contributed by atoms with van der Waals surface area (Å²) in [5, 5.41) is 0. The molecule has 1 aromatic carbocycles. The van der Waals surface area contributed by atoms with Crippen molar-refractivity contribution in [3.05, 3.63) is 58.5 Å². The molecule has 4 rings (SSSR count). The van der Waals surface area contributed by atoms with Crippen LogP contribution in [-0.4, -0.2) is 16.2 Å². The molecule has 0 N–H and O–H groups in total. The van der Waals surface area contributed by atoms with Crippen molar-refractivity contribution in [1.29, 1.82) is 0 Å². The number of aryl methyl sites for hydroxylation is 1. The summed E-state index contributed by atoms with van der Waals surface area (Å²) in [4.78, 5) is 16.5. The number of nitrogens with zero attached hydrogens (tertiary/aromatic N) is 2. The second-order valence-corrected chi connectivity index (χ2v) is 4.98. The summed E-state index contributed by atoms with van der Waals surface area (Å²) in [6, 6.07) is 10.2. The van der Waals surface area contributed by atoms with Crippen LogP contribution in [0.4, 0.5) is 0 Å². The van der Waals surface area contributed by atoms with Crippen molar-refractivity contribution < 1.29 is 14.2 Å². The summed E-state index contributed by atoms with van der Waals surface area (Å²) in [6.07, 6.45) is 1.75. The first-order valence-corrected chi connectivity index (χ1v) is 6.77. The molecule has 1 aliphatic rings. The standard InChI is InChI=1S/C16H12N2O4/c1-10-2-5-14-17-15(7-16(19)18(14)8-10)22-11-3-4-12-13(6-11)21-9-20-12/h2-8H,9H2,1H3. The number of rotatable bonds is 2. The number of hydrogen-bond acceptors (Lipinski definition) is 5. The smallest absolute Gasteiger partial charge is 0.261 e. The van der Waals surface area contributed by atoms with Gasteiger partial charge in [-0.25, -0.2) is 0 Å². The lowest BCUT2D eigenvalue weighted by Gasteiger charge is -2.07. The van der Waals surface area contributed by atoms with Crippen LogP contribution in [0.5, 0.6) is 23.1 Å². The maximum Gasteiger partial charge on any atom is 0.261 e. The van der Waals surface area contributed by atoms with Crippen LogP contribution in [0.1, 0.15) is 5.56 Å². The van der Waals surface area contributed by atoms with Crippen molar-refractivity contribution >= 4 is 5.65 Å². The highest BCUT2D eigenvalue weighted by atomic mass is 16.7. The van der Waals surface area contributed by atoms with Gasteiger partial charge in [0.05, 0.1) is 6.07 Å². The minimum atomic E-state index is -0.190. The lowest BCUT2D eigenvalue weighted by Crippen LogP contribution is -2.14. The number of ether oxygens (including phenoxy) is 3. The van der Waals surface area contributed by atoms with Crippen LogP contribution >= 0.6 is 0 Å². The average molecular weight is 296 g/mol. The highest BCUT2D eigenvalue weighted by Gasteiger charge is 2.14. The van der Waals surface area contributed by atoms with Crippen molar-refractivity contribution in [3.8, 4) is 23.1 Å². The molecule has 0 saturated carbocycles. The molecule has 3 aromatic rings. The first-order chi connectivity index (χ1) is 10.7. The van der Waals surface area contributed by atoms with Crippen LogP contribution in [-0.2, 0) is 0 Å². The van der Waals surface area contributed by atoms with Gasteiger partial charge in [0.1, 0.15) is 11.4 Å². The summed E-state index contributed by atoms with van der Waals surface area (Å²) < 4.78 is 17.7. The van der Waals surface area contributed by atoms with E-state index in [4.69, 9.17) is 14.2 Å². The van der Waals surface area contributed by atoms with E-state index >= 15 is 0 Å². The van der Waals surface area contributed by atoms with Gasteiger partial charge < -0.3 is 14.2 Å². The van der Waals surface area contributed by atoms with Gasteiger partial charge in [-0.15, -0.1) is 0 Å². The third kappa shape index (κ3) is 2.14. The van der Waals surface area contributed by atoms with E-state index < -0.39 is 0 Å². The van der Waals surface area contributed by atoms with Crippen LogP contribution in [0.15, 0.2) is 47.4 Å². The SMILES string of the molecule is Cc1ccc2nc(Oc3ccc4c(c3)OCO4)cc(=O)n2c1. The lowest BCUT2D eigenvalue weighted by atomic mass is 10.3. The molecule has 2 aromatic heterocycles. The van der Waals surface area contributed by atoms with E-state index in [0.29, 0.717) is 22.9 Å². The second kappa shape index (κ2) is 4.77. The summed E-state index contributed by atoms with van der Waals surface area (Å²) in [5.41, 5.74) is 1.33. The number of fused-ring (bicyclic) bond motifs is 2. The Morgan fingerprint density at radius 1 is 1.14 bits per heavy atom. The molecule has 0 unspecified atom stereocenters. The van der Waals surface area contributed by atoms with Gasteiger partial charge in [-0.05, 0) is 30.7 Å². The van der Waals surface area contributed by atoms with Gasteiger partial charge in [-0.2, -0.15) is 4.98 Å². The van der Waals surface area contributed by atoms with Crippen molar-refractivity contribution in [2.45, 2.75) is 6.92 Å². The summed E-state index contributed by atoms with van der Waals surface area (Å²) >= 11 is 0. The van der Waals surface area contributed by atoms with Crippen LogP contribution in [0.3, 0.4) is 0 Å². The van der Waals surface area contributed by atoms with E-state index in [2.05, 4.69) is 4.98 Å². The Morgan fingerprint density at radius 3 is 2.91 bits per heavy atom. The first kappa shape index (κ1) is 12.7. The van der Waals surface area contributed by atoms with E-state index in [0.717, 1.165) is 5.56 Å². The molecule has 0 saturated heterocycles.